The lowest BCUT2D eigenvalue weighted by Gasteiger charge is -2.22. The molecule has 0 aromatic heterocycles. The summed E-state index contributed by atoms with van der Waals surface area (Å²) in [5.41, 5.74) is 5.47. The van der Waals surface area contributed by atoms with Crippen molar-refractivity contribution >= 4 is 37.5 Å². The number of nitrogens with two attached hydrogens (primary N) is 1. The molecular formula is C13H18BrN3O3S. The van der Waals surface area contributed by atoms with Gasteiger partial charge in [-0.05, 0) is 47.5 Å². The zero-order valence-corrected chi connectivity index (χ0v) is 14.3. The molecule has 0 radical (unpaired) electrons. The monoisotopic (exact) mass is 375 g/mol. The number of hydrogen-bond acceptors (Lipinski definition) is 4. The SMILES string of the molecule is CNC(=O)C1(C)CCN(S(=O)(=O)c2ccc(N)c(Br)c2)C1. The number of nitrogens with one attached hydrogen (secondary N) is 1. The molecule has 1 fully saturated rings. The number of amides is 1. The van der Waals surface area contributed by atoms with Crippen LogP contribution in [0.5, 0.6) is 0 Å². The van der Waals surface area contributed by atoms with E-state index in [-0.39, 0.29) is 17.3 Å². The highest BCUT2D eigenvalue weighted by Crippen LogP contribution is 2.34. The Bertz CT molecular complexity index is 677. The van der Waals surface area contributed by atoms with E-state index >= 15 is 0 Å². The smallest absolute Gasteiger partial charge is 0.243 e. The molecule has 21 heavy (non-hydrogen) atoms. The number of hydrogen-bond donors (Lipinski definition) is 2. The summed E-state index contributed by atoms with van der Waals surface area (Å²) in [6.07, 6.45) is 0.502. The van der Waals surface area contributed by atoms with Gasteiger partial charge in [0.15, 0.2) is 0 Å². The summed E-state index contributed by atoms with van der Waals surface area (Å²) in [6, 6.07) is 4.51. The van der Waals surface area contributed by atoms with E-state index in [4.69, 9.17) is 5.73 Å². The van der Waals surface area contributed by atoms with E-state index in [0.717, 1.165) is 0 Å². The van der Waals surface area contributed by atoms with Crippen molar-refractivity contribution in [2.45, 2.75) is 18.2 Å². The summed E-state index contributed by atoms with van der Waals surface area (Å²) in [6.45, 7) is 2.28. The van der Waals surface area contributed by atoms with Gasteiger partial charge in [0, 0.05) is 30.3 Å². The highest BCUT2D eigenvalue weighted by Gasteiger charge is 2.44. The summed E-state index contributed by atoms with van der Waals surface area (Å²) in [4.78, 5) is 12.1. The molecule has 1 aromatic rings. The average molecular weight is 376 g/mol. The molecule has 0 aliphatic carbocycles. The normalized spacial score (nSPS) is 23.2. The minimum atomic E-state index is -3.62. The van der Waals surface area contributed by atoms with E-state index in [0.29, 0.717) is 23.1 Å². The van der Waals surface area contributed by atoms with Crippen molar-refractivity contribution in [3.05, 3.63) is 22.7 Å². The van der Waals surface area contributed by atoms with Gasteiger partial charge in [-0.25, -0.2) is 8.42 Å². The molecule has 1 heterocycles. The third kappa shape index (κ3) is 2.93. The number of anilines is 1. The Kier molecular flexibility index (Phi) is 4.32. The predicted molar refractivity (Wildman–Crippen MR) is 84.1 cm³/mol. The van der Waals surface area contributed by atoms with Gasteiger partial charge in [0.1, 0.15) is 0 Å². The molecule has 6 nitrogen and oxygen atoms in total. The number of benzene rings is 1. The van der Waals surface area contributed by atoms with Crippen LogP contribution in [-0.4, -0.2) is 38.8 Å². The van der Waals surface area contributed by atoms with Crippen molar-refractivity contribution in [1.82, 2.24) is 9.62 Å². The maximum Gasteiger partial charge on any atom is 0.243 e. The minimum Gasteiger partial charge on any atom is -0.398 e. The van der Waals surface area contributed by atoms with Gasteiger partial charge in [-0.3, -0.25) is 4.79 Å². The van der Waals surface area contributed by atoms with Crippen LogP contribution in [0.3, 0.4) is 0 Å². The summed E-state index contributed by atoms with van der Waals surface area (Å²) >= 11 is 3.23. The fraction of sp³-hybridized carbons (Fsp3) is 0.462. The van der Waals surface area contributed by atoms with Crippen LogP contribution in [0.15, 0.2) is 27.6 Å². The zero-order valence-electron chi connectivity index (χ0n) is 11.9. The first kappa shape index (κ1) is 16.3. The first-order chi connectivity index (χ1) is 9.70. The number of carbonyl (C=O) groups excluding carboxylic acids is 1. The molecule has 1 aliphatic heterocycles. The summed E-state index contributed by atoms with van der Waals surface area (Å²) in [5.74, 6) is -0.140. The lowest BCUT2D eigenvalue weighted by Crippen LogP contribution is -2.40. The minimum absolute atomic E-state index is 0.140. The largest absolute Gasteiger partial charge is 0.398 e. The molecule has 116 valence electrons. The van der Waals surface area contributed by atoms with Crippen LogP contribution in [0.4, 0.5) is 5.69 Å². The van der Waals surface area contributed by atoms with Crippen LogP contribution in [0.2, 0.25) is 0 Å². The molecule has 1 unspecified atom stereocenters. The van der Waals surface area contributed by atoms with Crippen molar-refractivity contribution in [3.8, 4) is 0 Å². The molecular weight excluding hydrogens is 358 g/mol. The molecule has 1 saturated heterocycles. The number of carbonyl (C=O) groups is 1. The molecule has 0 saturated carbocycles. The predicted octanol–water partition coefficient (Wildman–Crippen LogP) is 1.18. The zero-order chi connectivity index (χ0) is 15.8. The van der Waals surface area contributed by atoms with Crippen molar-refractivity contribution in [2.24, 2.45) is 5.41 Å². The standard InChI is InChI=1S/C13H18BrN3O3S/c1-13(12(18)16-2)5-6-17(8-13)21(19,20)9-3-4-11(15)10(14)7-9/h3-4,7H,5-6,8,15H2,1-2H3,(H,16,18). The van der Waals surface area contributed by atoms with E-state index < -0.39 is 15.4 Å². The third-order valence-electron chi connectivity index (χ3n) is 3.82. The van der Waals surface area contributed by atoms with Gasteiger partial charge in [-0.1, -0.05) is 0 Å². The van der Waals surface area contributed by atoms with Crippen LogP contribution in [-0.2, 0) is 14.8 Å². The van der Waals surface area contributed by atoms with Crippen molar-refractivity contribution in [2.75, 3.05) is 25.9 Å². The molecule has 0 bridgehead atoms. The number of nitrogen functional groups attached to an aromatic ring is 1. The molecule has 1 atom stereocenters. The Hall–Kier alpha value is -1.12. The van der Waals surface area contributed by atoms with Gasteiger partial charge >= 0.3 is 0 Å². The van der Waals surface area contributed by atoms with E-state index in [1.165, 1.54) is 16.4 Å². The number of rotatable bonds is 3. The van der Waals surface area contributed by atoms with Gasteiger partial charge in [0.2, 0.25) is 15.9 Å². The van der Waals surface area contributed by atoms with Gasteiger partial charge in [-0.2, -0.15) is 4.31 Å². The number of halogens is 1. The average Bonchev–Trinajstić information content (AvgIpc) is 2.85. The fourth-order valence-corrected chi connectivity index (χ4v) is 4.55. The maximum absolute atomic E-state index is 12.6. The maximum atomic E-state index is 12.6. The number of nitrogens with zero attached hydrogens (tertiary/aromatic N) is 1. The second kappa shape index (κ2) is 5.58. The lowest BCUT2D eigenvalue weighted by atomic mass is 9.89. The third-order valence-corrected chi connectivity index (χ3v) is 6.35. The van der Waals surface area contributed by atoms with E-state index in [2.05, 4.69) is 21.2 Å². The first-order valence-electron chi connectivity index (χ1n) is 6.48. The second-order valence-electron chi connectivity index (χ2n) is 5.41. The molecule has 8 heteroatoms. The van der Waals surface area contributed by atoms with Crippen molar-refractivity contribution in [3.63, 3.8) is 0 Å². The molecule has 1 amide bonds. The molecule has 3 N–H and O–H groups in total. The Balaban J connectivity index is 2.30. The van der Waals surface area contributed by atoms with Crippen LogP contribution < -0.4 is 11.1 Å². The number of sulfonamides is 1. The summed E-state index contributed by atoms with van der Waals surface area (Å²) in [5, 5.41) is 2.59. The highest BCUT2D eigenvalue weighted by atomic mass is 79.9. The molecule has 2 rings (SSSR count). The van der Waals surface area contributed by atoms with Crippen LogP contribution in [0.25, 0.3) is 0 Å². The van der Waals surface area contributed by atoms with Gasteiger partial charge in [0.05, 0.1) is 10.3 Å². The second-order valence-corrected chi connectivity index (χ2v) is 8.20. The van der Waals surface area contributed by atoms with Gasteiger partial charge < -0.3 is 11.1 Å². The van der Waals surface area contributed by atoms with E-state index in [1.54, 1.807) is 20.0 Å². The van der Waals surface area contributed by atoms with Crippen molar-refractivity contribution < 1.29 is 13.2 Å². The Labute approximate surface area is 132 Å². The summed E-state index contributed by atoms with van der Waals surface area (Å²) < 4.78 is 27.1. The highest BCUT2D eigenvalue weighted by molar-refractivity contribution is 9.10. The van der Waals surface area contributed by atoms with E-state index in [1.807, 2.05) is 0 Å². The topological polar surface area (TPSA) is 92.5 Å². The summed E-state index contributed by atoms with van der Waals surface area (Å²) in [7, 11) is -2.07. The molecule has 1 aromatic carbocycles. The quantitative estimate of drug-likeness (QED) is 0.775. The molecule has 1 aliphatic rings. The van der Waals surface area contributed by atoms with Crippen LogP contribution >= 0.6 is 15.9 Å². The fourth-order valence-electron chi connectivity index (χ4n) is 2.43. The Morgan fingerprint density at radius 1 is 1.48 bits per heavy atom. The van der Waals surface area contributed by atoms with Crippen LogP contribution in [0.1, 0.15) is 13.3 Å². The van der Waals surface area contributed by atoms with Crippen molar-refractivity contribution in [1.29, 1.82) is 0 Å². The van der Waals surface area contributed by atoms with E-state index in [9.17, 15) is 13.2 Å². The van der Waals surface area contributed by atoms with Crippen LogP contribution in [0, 0.1) is 5.41 Å². The first-order valence-corrected chi connectivity index (χ1v) is 8.71. The molecule has 0 spiro atoms. The van der Waals surface area contributed by atoms with Gasteiger partial charge in [-0.15, -0.1) is 0 Å². The Morgan fingerprint density at radius 2 is 2.14 bits per heavy atom. The lowest BCUT2D eigenvalue weighted by molar-refractivity contribution is -0.128. The van der Waals surface area contributed by atoms with Gasteiger partial charge in [0.25, 0.3) is 0 Å². The Morgan fingerprint density at radius 3 is 2.71 bits per heavy atom.